The van der Waals surface area contributed by atoms with Crippen LogP contribution < -0.4 is 10.6 Å². The number of aromatic nitrogens is 8. The highest BCUT2D eigenvalue weighted by Gasteiger charge is 2.47. The summed E-state index contributed by atoms with van der Waals surface area (Å²) in [7, 11) is 10.9. The first-order chi connectivity index (χ1) is 42.6. The summed E-state index contributed by atoms with van der Waals surface area (Å²) in [5, 5.41) is 57.4. The standard InChI is InChI=1S/C38H35N5O5.C17H17N5O5.CH3Cl.S9/c1-24-13-17-28(18-14-24)38(27-11-7-4-8-12-27,29-19-15-25(2)16-20-29)47-21-30-32(44)33(45)37(48-30)43-23-41-31-34(39-22-40-35(31)43)42-36(46)26-9-5-3-6-10-26;23-6-10-12(24)13(25)17(27-10)22-8-20-11-14(18-7-19-15(11)22)21-16(26)9-4-2-1-3-5-9;1-2;1-3-5-7-9-8-6-4-2/h3-20,22-23,30,32-33,37,44-45H,21H2,1-2H3,(H,39,40,42,46);1-5,7-8,10,12-13,17,23-25H,6H2,(H,18,19,21,26);1H3;/t30-,32?,33+,37-;10-,12?,13+,17-;;/m11../s1/i;;1TD;. The molecule has 6 heterocycles. The van der Waals surface area contributed by atoms with Crippen molar-refractivity contribution in [1.82, 2.24) is 39.0 Å². The molecule has 30 heteroatoms. The Kier molecular flexibility index (Phi) is 23.7. The number of ether oxygens (including phenoxy) is 3. The zero-order valence-corrected chi connectivity index (χ0v) is 53.2. The number of halogens is 1. The Morgan fingerprint density at radius 3 is 1.40 bits per heavy atom. The van der Waals surface area contributed by atoms with Gasteiger partial charge in [0.25, 0.3) is 11.8 Å². The highest BCUT2D eigenvalue weighted by Crippen LogP contribution is 2.43. The monoisotopic (exact) mass is 1350 g/mol. The van der Waals surface area contributed by atoms with E-state index in [1.165, 1.54) is 52.2 Å². The zero-order chi connectivity index (χ0) is 62.7. The molecule has 0 aliphatic carbocycles. The average molecular weight is 1360 g/mol. The van der Waals surface area contributed by atoms with Crippen LogP contribution >= 0.6 is 11.6 Å². The maximum atomic E-state index is 12.8. The summed E-state index contributed by atoms with van der Waals surface area (Å²) in [5.74, 6) is -0.277. The largest absolute Gasteiger partial charge is 0.394 e. The van der Waals surface area contributed by atoms with Crippen LogP contribution in [0.4, 0.5) is 11.6 Å². The van der Waals surface area contributed by atoms with Crippen LogP contribution in [0.15, 0.2) is 165 Å². The summed E-state index contributed by atoms with van der Waals surface area (Å²) in [6.45, 7) is 3.59. The van der Waals surface area contributed by atoms with Crippen LogP contribution in [0.2, 0.25) is 0 Å². The minimum atomic E-state index is -1.32. The molecule has 2 aliphatic heterocycles. The predicted molar refractivity (Wildman–Crippen MR) is 351 cm³/mol. The number of nitrogens with one attached hydrogen (secondary N) is 2. The van der Waals surface area contributed by atoms with Crippen LogP contribution in [-0.4, -0.2) is 133 Å². The fourth-order valence-corrected chi connectivity index (χ4v) is 23.0. The molecule has 11 rings (SSSR count). The van der Waals surface area contributed by atoms with Crippen molar-refractivity contribution in [1.29, 1.82) is 0 Å². The average Bonchev–Trinajstić information content (AvgIpc) is 1.13. The first kappa shape index (κ1) is 63.1. The number of imidazole rings is 2. The van der Waals surface area contributed by atoms with Crippen LogP contribution in [0, 0.1) is 13.8 Å². The molecule has 0 spiro atoms. The number of alkyl halides is 1. The number of carbonyl (C=O) groups excluding carboxylic acids is 2. The molecule has 2 amide bonds. The Balaban J connectivity index is 0.000000209. The van der Waals surface area contributed by atoms with Crippen LogP contribution in [0.3, 0.4) is 0 Å². The molecule has 450 valence electrons. The smallest absolute Gasteiger partial charge is 0.256 e. The van der Waals surface area contributed by atoms with Gasteiger partial charge in [-0.2, -0.15) is 0 Å². The van der Waals surface area contributed by atoms with Gasteiger partial charge in [-0.05, 0) is 54.8 Å². The van der Waals surface area contributed by atoms with Gasteiger partial charge in [0.2, 0.25) is 0 Å². The molecule has 0 radical (unpaired) electrons. The van der Waals surface area contributed by atoms with E-state index in [0.29, 0.717) is 33.5 Å². The number of amides is 2. The fourth-order valence-electron chi connectivity index (χ4n) is 9.27. The second-order valence-electron chi connectivity index (χ2n) is 18.6. The Bertz CT molecular complexity index is 4060. The summed E-state index contributed by atoms with van der Waals surface area (Å²) in [4.78, 5) is 50.6. The van der Waals surface area contributed by atoms with E-state index in [2.05, 4.69) is 98.8 Å². The maximum absolute atomic E-state index is 12.8. The molecule has 9 atom stereocenters. The molecule has 2 aliphatic rings. The fraction of sp³-hybridized carbons (Fsp3) is 0.250. The van der Waals surface area contributed by atoms with Gasteiger partial charge in [-0.25, -0.2) is 29.9 Å². The van der Waals surface area contributed by atoms with Crippen molar-refractivity contribution in [2.45, 2.75) is 68.5 Å². The molecule has 0 saturated carbocycles. The highest BCUT2D eigenvalue weighted by molar-refractivity contribution is 8.72. The lowest BCUT2D eigenvalue weighted by Crippen LogP contribution is -2.39. The third-order valence-corrected chi connectivity index (χ3v) is 26.7. The summed E-state index contributed by atoms with van der Waals surface area (Å²) in [6, 6.07) is 43.8. The topological polar surface area (TPSA) is 274 Å². The van der Waals surface area contributed by atoms with Gasteiger partial charge in [-0.15, -0.1) is 11.6 Å². The number of rotatable bonds is 13. The molecule has 7 N–H and O–H groups in total. The molecule has 86 heavy (non-hydrogen) atoms. The summed E-state index contributed by atoms with van der Waals surface area (Å²) in [6.07, 6.45) is -4.75. The number of benzene rings is 5. The number of aliphatic hydroxyl groups is 5. The molecular weight excluding hydrogens is 1300 g/mol. The van der Waals surface area contributed by atoms with Gasteiger partial charge in [-0.1, -0.05) is 126 Å². The predicted octanol–water partition coefficient (Wildman–Crippen LogP) is 5.85. The zero-order valence-electron chi connectivity index (χ0n) is 47.1. The lowest BCUT2D eigenvalue weighted by Gasteiger charge is -2.37. The van der Waals surface area contributed by atoms with Crippen molar-refractivity contribution in [3.05, 3.63) is 204 Å². The first-order valence-corrected chi connectivity index (χ1v) is 36.7. The normalized spacial score (nSPS) is 20.1. The van der Waals surface area contributed by atoms with E-state index in [1.807, 2.05) is 80.6 Å². The Hall–Kier alpha value is -5.91. The molecule has 2 saturated heterocycles. The maximum Gasteiger partial charge on any atom is 0.256 e. The molecule has 5 aromatic carbocycles. The van der Waals surface area contributed by atoms with Crippen molar-refractivity contribution in [2.24, 2.45) is 0 Å². The Labute approximate surface area is 531 Å². The summed E-state index contributed by atoms with van der Waals surface area (Å²) in [5.41, 5.74) is 6.10. The molecule has 9 aromatic rings. The lowest BCUT2D eigenvalue weighted by atomic mass is 9.79. The number of nitrogens with zero attached hydrogens (tertiary/aromatic N) is 8. The molecule has 0 bridgehead atoms. The summed E-state index contributed by atoms with van der Waals surface area (Å²) < 4.78 is 33.8. The van der Waals surface area contributed by atoms with Crippen LogP contribution in [-0.2, 0) is 104 Å². The number of hydrogen-bond acceptors (Lipinski definition) is 18. The molecule has 4 aromatic heterocycles. The minimum absolute atomic E-state index is 0.0502. The minimum Gasteiger partial charge on any atom is -0.394 e. The van der Waals surface area contributed by atoms with E-state index in [0.717, 1.165) is 27.8 Å². The number of aryl methyl sites for hydroxylation is 2. The van der Waals surface area contributed by atoms with Gasteiger partial charge >= 0.3 is 0 Å². The van der Waals surface area contributed by atoms with Crippen LogP contribution in [0.1, 0.15) is 63.7 Å². The van der Waals surface area contributed by atoms with Gasteiger partial charge in [0, 0.05) is 105 Å². The van der Waals surface area contributed by atoms with E-state index < -0.39 is 67.6 Å². The second-order valence-corrected chi connectivity index (χ2v) is 31.0. The Morgan fingerprint density at radius 1 is 0.605 bits per heavy atom. The quantitative estimate of drug-likeness (QED) is 0.0527. The molecule has 20 nitrogen and oxygen atoms in total. The highest BCUT2D eigenvalue weighted by atomic mass is 35.5. The van der Waals surface area contributed by atoms with E-state index in [1.54, 1.807) is 92.9 Å². The lowest BCUT2D eigenvalue weighted by molar-refractivity contribution is -0.0942. The van der Waals surface area contributed by atoms with Crippen molar-refractivity contribution in [3.63, 3.8) is 0 Å². The Morgan fingerprint density at radius 2 is 0.988 bits per heavy atom. The third-order valence-electron chi connectivity index (χ3n) is 13.4. The number of aliphatic hydroxyl groups excluding tert-OH is 5. The van der Waals surface area contributed by atoms with E-state index in [4.69, 9.17) is 17.0 Å². The number of hydrogen-bond donors (Lipinski definition) is 7. The third kappa shape index (κ3) is 15.7. The number of anilines is 2. The van der Waals surface area contributed by atoms with E-state index in [9.17, 15) is 35.1 Å². The number of fused-ring (bicyclic) bond motifs is 2. The molecule has 2 fully saturated rings. The van der Waals surface area contributed by atoms with Crippen molar-refractivity contribution < 1.29 is 52.1 Å². The molecular formula is C56H55ClN10O10S9. The first-order valence-electron chi connectivity index (χ1n) is 26.7. The molecule has 3 unspecified atom stereocenters. The van der Waals surface area contributed by atoms with Crippen LogP contribution in [0.5, 0.6) is 0 Å². The van der Waals surface area contributed by atoms with Crippen molar-refractivity contribution >= 4 is 142 Å². The van der Waals surface area contributed by atoms with Crippen LogP contribution in [0.25, 0.3) is 22.3 Å². The van der Waals surface area contributed by atoms with Gasteiger partial charge in [-0.3, -0.25) is 18.7 Å². The number of carbonyl (C=O) groups is 2. The van der Waals surface area contributed by atoms with Crippen molar-refractivity contribution in [3.8, 4) is 0 Å². The van der Waals surface area contributed by atoms with Gasteiger partial charge < -0.3 is 50.4 Å². The van der Waals surface area contributed by atoms with E-state index >= 15 is 0 Å². The van der Waals surface area contributed by atoms with Gasteiger partial charge in [0.1, 0.15) is 54.9 Å². The SMILES string of the molecule is Cc1ccc(C(OC[C@H]2O[C@@H](n3cnc4c(NC(=O)c5ccccc5)ncnc43)[C@@H](O)C2O)(c2ccccc2)c2ccc(C)cc2)cc1.O=C(Nc1ncnc2c1ncn2[C@@H]1O[C@H](CO)C(O)[C@@H]1O)c1ccccc1.S=S=S=S=S=S=S=S=S.[2H]C([3H])Cl. The second kappa shape index (κ2) is 32.4. The van der Waals surface area contributed by atoms with Crippen molar-refractivity contribution in [2.75, 3.05) is 30.2 Å². The van der Waals surface area contributed by atoms with E-state index in [-0.39, 0.29) is 30.1 Å². The van der Waals surface area contributed by atoms with Gasteiger partial charge in [0.15, 0.2) is 46.4 Å². The summed E-state index contributed by atoms with van der Waals surface area (Å²) >= 11 is 13.9. The van der Waals surface area contributed by atoms with Gasteiger partial charge in [0.05, 0.1) is 25.9 Å².